The number of nitrogens with two attached hydrogens (primary N) is 1. The highest BCUT2D eigenvalue weighted by Crippen LogP contribution is 2.35. The van der Waals surface area contributed by atoms with Gasteiger partial charge in [0.15, 0.2) is 5.96 Å². The highest BCUT2D eigenvalue weighted by atomic mass is 127. The molecule has 0 aromatic rings. The number of likely N-dealkylation sites (tertiary alicyclic amines) is 1. The lowest BCUT2D eigenvalue weighted by Gasteiger charge is -2.47. The molecule has 1 aliphatic heterocycles. The summed E-state index contributed by atoms with van der Waals surface area (Å²) in [5, 5.41) is 3.29. The molecule has 0 aromatic heterocycles. The van der Waals surface area contributed by atoms with E-state index in [1.165, 1.54) is 64.5 Å². The Morgan fingerprint density at radius 1 is 1.05 bits per heavy atom. The summed E-state index contributed by atoms with van der Waals surface area (Å²) < 4.78 is 0. The lowest BCUT2D eigenvalue weighted by molar-refractivity contribution is 0.0407. The highest BCUT2D eigenvalue weighted by Gasteiger charge is 2.38. The summed E-state index contributed by atoms with van der Waals surface area (Å²) in [6.07, 6.45) is 10.7. The van der Waals surface area contributed by atoms with Crippen molar-refractivity contribution in [2.24, 2.45) is 10.7 Å². The molecule has 1 saturated carbocycles. The van der Waals surface area contributed by atoms with Crippen molar-refractivity contribution < 1.29 is 0 Å². The maximum atomic E-state index is 6.09. The molecule has 0 bridgehead atoms. The van der Waals surface area contributed by atoms with E-state index in [4.69, 9.17) is 10.7 Å². The van der Waals surface area contributed by atoms with E-state index >= 15 is 0 Å². The lowest BCUT2D eigenvalue weighted by Crippen LogP contribution is -2.55. The maximum Gasteiger partial charge on any atom is 0.189 e. The molecule has 3 N–H and O–H groups in total. The molecule has 22 heavy (non-hydrogen) atoms. The SMILES string of the molecule is CC(C)(C)NC(N)=NCC1(N2CCCCC2)CCCCC1.I. The summed E-state index contributed by atoms with van der Waals surface area (Å²) in [5.74, 6) is 0.601. The van der Waals surface area contributed by atoms with Gasteiger partial charge in [0.2, 0.25) is 0 Å². The fraction of sp³-hybridized carbons (Fsp3) is 0.941. The number of hydrogen-bond donors (Lipinski definition) is 2. The van der Waals surface area contributed by atoms with Crippen LogP contribution in [0.2, 0.25) is 0 Å². The Morgan fingerprint density at radius 3 is 2.14 bits per heavy atom. The van der Waals surface area contributed by atoms with E-state index in [0.29, 0.717) is 5.96 Å². The Hall–Kier alpha value is -0.0400. The minimum Gasteiger partial charge on any atom is -0.370 e. The van der Waals surface area contributed by atoms with Crippen LogP contribution in [0.15, 0.2) is 4.99 Å². The molecule has 4 nitrogen and oxygen atoms in total. The number of nitrogens with zero attached hydrogens (tertiary/aromatic N) is 2. The van der Waals surface area contributed by atoms with Crippen LogP contribution in [-0.2, 0) is 0 Å². The van der Waals surface area contributed by atoms with E-state index in [2.05, 4.69) is 31.0 Å². The normalized spacial score (nSPS) is 23.7. The number of piperidine rings is 1. The van der Waals surface area contributed by atoms with Crippen molar-refractivity contribution in [3.8, 4) is 0 Å². The van der Waals surface area contributed by atoms with Crippen LogP contribution in [0.4, 0.5) is 0 Å². The summed E-state index contributed by atoms with van der Waals surface area (Å²) in [7, 11) is 0. The summed E-state index contributed by atoms with van der Waals surface area (Å²) in [6, 6.07) is 0. The largest absolute Gasteiger partial charge is 0.370 e. The van der Waals surface area contributed by atoms with E-state index in [1.54, 1.807) is 0 Å². The first-order valence-electron chi connectivity index (χ1n) is 8.75. The monoisotopic (exact) mass is 422 g/mol. The van der Waals surface area contributed by atoms with Crippen LogP contribution in [0.5, 0.6) is 0 Å². The first-order chi connectivity index (χ1) is 9.91. The van der Waals surface area contributed by atoms with Gasteiger partial charge in [0.05, 0.1) is 6.54 Å². The molecule has 0 aromatic carbocycles. The van der Waals surface area contributed by atoms with Gasteiger partial charge in [-0.25, -0.2) is 0 Å². The van der Waals surface area contributed by atoms with Crippen molar-refractivity contribution in [2.45, 2.75) is 83.2 Å². The van der Waals surface area contributed by atoms with Crippen molar-refractivity contribution in [1.29, 1.82) is 0 Å². The van der Waals surface area contributed by atoms with Crippen molar-refractivity contribution in [1.82, 2.24) is 10.2 Å². The molecule has 0 unspecified atom stereocenters. The minimum atomic E-state index is -0.0154. The zero-order valence-electron chi connectivity index (χ0n) is 14.7. The number of rotatable bonds is 3. The summed E-state index contributed by atoms with van der Waals surface area (Å²) in [6.45, 7) is 9.73. The highest BCUT2D eigenvalue weighted by molar-refractivity contribution is 14.0. The van der Waals surface area contributed by atoms with Gasteiger partial charge < -0.3 is 11.1 Å². The molecule has 1 saturated heterocycles. The van der Waals surface area contributed by atoms with E-state index in [-0.39, 0.29) is 35.1 Å². The van der Waals surface area contributed by atoms with Gasteiger partial charge in [-0.2, -0.15) is 0 Å². The molecular formula is C17H35IN4. The van der Waals surface area contributed by atoms with Crippen LogP contribution < -0.4 is 11.1 Å². The third-order valence-corrected chi connectivity index (χ3v) is 4.86. The van der Waals surface area contributed by atoms with Crippen molar-refractivity contribution in [3.63, 3.8) is 0 Å². The molecule has 130 valence electrons. The molecule has 0 atom stereocenters. The van der Waals surface area contributed by atoms with Gasteiger partial charge in [0.25, 0.3) is 0 Å². The zero-order valence-corrected chi connectivity index (χ0v) is 17.0. The van der Waals surface area contributed by atoms with Crippen molar-refractivity contribution in [3.05, 3.63) is 0 Å². The topological polar surface area (TPSA) is 53.6 Å². The van der Waals surface area contributed by atoms with Gasteiger partial charge in [0, 0.05) is 11.1 Å². The number of nitrogens with one attached hydrogen (secondary N) is 1. The van der Waals surface area contributed by atoms with E-state index in [9.17, 15) is 0 Å². The molecule has 0 spiro atoms. The molecule has 2 rings (SSSR count). The van der Waals surface area contributed by atoms with Gasteiger partial charge in [-0.3, -0.25) is 9.89 Å². The average molecular weight is 422 g/mol. The first kappa shape index (κ1) is 20.0. The average Bonchev–Trinajstić information content (AvgIpc) is 2.45. The van der Waals surface area contributed by atoms with Crippen LogP contribution in [-0.4, -0.2) is 41.6 Å². The maximum absolute atomic E-state index is 6.09. The van der Waals surface area contributed by atoms with Crippen LogP contribution in [0.25, 0.3) is 0 Å². The van der Waals surface area contributed by atoms with E-state index in [1.807, 2.05) is 0 Å². The second-order valence-electron chi connectivity index (χ2n) is 7.91. The number of halogens is 1. The van der Waals surface area contributed by atoms with Gasteiger partial charge in [-0.05, 0) is 59.5 Å². The summed E-state index contributed by atoms with van der Waals surface area (Å²) in [5.41, 5.74) is 6.35. The molecule has 0 amide bonds. The first-order valence-corrected chi connectivity index (χ1v) is 8.75. The fourth-order valence-electron chi connectivity index (χ4n) is 3.81. The Bertz CT molecular complexity index is 350. The Kier molecular flexibility index (Phi) is 7.92. The predicted octanol–water partition coefficient (Wildman–Crippen LogP) is 3.50. The van der Waals surface area contributed by atoms with Gasteiger partial charge in [-0.15, -0.1) is 24.0 Å². The Balaban J connectivity index is 0.00000242. The van der Waals surface area contributed by atoms with E-state index < -0.39 is 0 Å². The van der Waals surface area contributed by atoms with Crippen LogP contribution in [0.1, 0.15) is 72.1 Å². The van der Waals surface area contributed by atoms with Gasteiger partial charge in [-0.1, -0.05) is 25.7 Å². The Morgan fingerprint density at radius 2 is 1.59 bits per heavy atom. The second kappa shape index (κ2) is 8.71. The predicted molar refractivity (Wildman–Crippen MR) is 106 cm³/mol. The van der Waals surface area contributed by atoms with Crippen LogP contribution in [0.3, 0.4) is 0 Å². The molecule has 1 aliphatic carbocycles. The molecule has 1 heterocycles. The van der Waals surface area contributed by atoms with Crippen molar-refractivity contribution >= 4 is 29.9 Å². The third kappa shape index (κ3) is 5.87. The van der Waals surface area contributed by atoms with Crippen LogP contribution in [0, 0.1) is 0 Å². The fourth-order valence-corrected chi connectivity index (χ4v) is 3.81. The quantitative estimate of drug-likeness (QED) is 0.416. The minimum absolute atomic E-state index is 0. The number of hydrogen-bond acceptors (Lipinski definition) is 2. The van der Waals surface area contributed by atoms with Gasteiger partial charge >= 0.3 is 0 Å². The molecule has 5 heteroatoms. The molecular weight excluding hydrogens is 387 g/mol. The van der Waals surface area contributed by atoms with Gasteiger partial charge in [0.1, 0.15) is 0 Å². The molecule has 2 aliphatic rings. The van der Waals surface area contributed by atoms with E-state index in [0.717, 1.165) is 6.54 Å². The lowest BCUT2D eigenvalue weighted by atomic mass is 9.79. The summed E-state index contributed by atoms with van der Waals surface area (Å²) >= 11 is 0. The van der Waals surface area contributed by atoms with Crippen LogP contribution >= 0.6 is 24.0 Å². The number of guanidine groups is 1. The third-order valence-electron chi connectivity index (χ3n) is 4.86. The number of aliphatic imine (C=N–C) groups is 1. The molecule has 2 fully saturated rings. The van der Waals surface area contributed by atoms with Crippen molar-refractivity contribution in [2.75, 3.05) is 19.6 Å². The second-order valence-corrected chi connectivity index (χ2v) is 7.91. The standard InChI is InChI=1S/C17H34N4.HI/c1-16(2,3)20-15(18)19-14-17(10-6-4-7-11-17)21-12-8-5-9-13-21;/h4-14H2,1-3H3,(H3,18,19,20);1H. The smallest absolute Gasteiger partial charge is 0.189 e. The summed E-state index contributed by atoms with van der Waals surface area (Å²) in [4.78, 5) is 7.45. The Labute approximate surface area is 153 Å². The molecule has 0 radical (unpaired) electrons. The zero-order chi connectivity index (χ0) is 15.3.